The van der Waals surface area contributed by atoms with Crippen molar-refractivity contribution in [2.24, 2.45) is 0 Å². The van der Waals surface area contributed by atoms with Crippen LogP contribution in [0.4, 0.5) is 5.69 Å². The number of nitro groups is 1. The Kier molecular flexibility index (Phi) is 1.94. The molecule has 2 aromatic carbocycles. The number of hydrogen-bond acceptors (Lipinski definition) is 5. The van der Waals surface area contributed by atoms with Gasteiger partial charge < -0.3 is 4.74 Å². The summed E-state index contributed by atoms with van der Waals surface area (Å²) in [5.41, 5.74) is 0.300. The van der Waals surface area contributed by atoms with Crippen LogP contribution in [0.5, 0.6) is 0 Å². The highest BCUT2D eigenvalue weighted by Crippen LogP contribution is 2.30. The molecule has 6 heteroatoms. The summed E-state index contributed by atoms with van der Waals surface area (Å²) in [6.45, 7) is 0. The minimum absolute atomic E-state index is 0.0693. The molecule has 1 aliphatic rings. The van der Waals surface area contributed by atoms with E-state index in [-0.39, 0.29) is 16.8 Å². The molecule has 0 aromatic heterocycles. The van der Waals surface area contributed by atoms with Crippen LogP contribution in [0.25, 0.3) is 10.8 Å². The zero-order valence-corrected chi connectivity index (χ0v) is 8.88. The molecule has 2 aromatic rings. The van der Waals surface area contributed by atoms with Crippen LogP contribution in [0.1, 0.15) is 20.7 Å². The van der Waals surface area contributed by atoms with Gasteiger partial charge in [0.15, 0.2) is 0 Å². The number of fused-ring (bicyclic) bond motifs is 3. The van der Waals surface area contributed by atoms with Gasteiger partial charge >= 0.3 is 11.9 Å². The molecule has 0 fully saturated rings. The highest BCUT2D eigenvalue weighted by atomic mass is 16.6. The molecule has 0 radical (unpaired) electrons. The van der Waals surface area contributed by atoms with Crippen LogP contribution in [-0.4, -0.2) is 16.9 Å². The Hall–Kier alpha value is -2.76. The Labute approximate surface area is 99.9 Å². The Morgan fingerprint density at radius 3 is 2.56 bits per heavy atom. The number of hydrogen-bond donors (Lipinski definition) is 0. The first kappa shape index (κ1) is 10.4. The monoisotopic (exact) mass is 243 g/mol. The Morgan fingerprint density at radius 1 is 1.06 bits per heavy atom. The van der Waals surface area contributed by atoms with Gasteiger partial charge in [0.25, 0.3) is 5.69 Å². The summed E-state index contributed by atoms with van der Waals surface area (Å²) in [4.78, 5) is 33.0. The van der Waals surface area contributed by atoms with E-state index in [4.69, 9.17) is 0 Å². The molecule has 0 amide bonds. The second-order valence-electron chi connectivity index (χ2n) is 3.83. The van der Waals surface area contributed by atoms with Crippen LogP contribution >= 0.6 is 0 Å². The van der Waals surface area contributed by atoms with Crippen LogP contribution in [0.15, 0.2) is 30.3 Å². The minimum atomic E-state index is -0.713. The van der Waals surface area contributed by atoms with Crippen molar-refractivity contribution in [2.75, 3.05) is 0 Å². The van der Waals surface area contributed by atoms with E-state index in [0.717, 1.165) is 0 Å². The first-order valence-corrected chi connectivity index (χ1v) is 5.05. The van der Waals surface area contributed by atoms with Crippen LogP contribution in [-0.2, 0) is 4.74 Å². The normalized spacial score (nSPS) is 13.6. The summed E-state index contributed by atoms with van der Waals surface area (Å²) in [6.07, 6.45) is 0. The standard InChI is InChI=1S/C12H5NO5/c14-11-9-3-1-6-5-7(13(16)17)2-4-8(6)10(9)12(15)18-11/h1-5H. The molecule has 3 rings (SSSR count). The summed E-state index contributed by atoms with van der Waals surface area (Å²) in [7, 11) is 0. The van der Waals surface area contributed by atoms with Crippen LogP contribution in [0.3, 0.4) is 0 Å². The number of benzene rings is 2. The Bertz CT molecular complexity index is 735. The van der Waals surface area contributed by atoms with E-state index in [9.17, 15) is 19.7 Å². The van der Waals surface area contributed by atoms with E-state index in [1.54, 1.807) is 6.07 Å². The number of non-ortho nitro benzene ring substituents is 1. The number of carbonyl (C=O) groups is 2. The van der Waals surface area contributed by atoms with Gasteiger partial charge in [-0.3, -0.25) is 10.1 Å². The summed E-state index contributed by atoms with van der Waals surface area (Å²) in [5, 5.41) is 11.7. The van der Waals surface area contributed by atoms with Gasteiger partial charge in [0.2, 0.25) is 0 Å². The van der Waals surface area contributed by atoms with Gasteiger partial charge in [-0.1, -0.05) is 6.07 Å². The number of esters is 2. The van der Waals surface area contributed by atoms with Gasteiger partial charge in [-0.05, 0) is 22.9 Å². The van der Waals surface area contributed by atoms with E-state index >= 15 is 0 Å². The molecule has 0 spiro atoms. The van der Waals surface area contributed by atoms with Gasteiger partial charge in [-0.15, -0.1) is 0 Å². The van der Waals surface area contributed by atoms with Crippen LogP contribution in [0.2, 0.25) is 0 Å². The van der Waals surface area contributed by atoms with E-state index in [2.05, 4.69) is 4.74 Å². The van der Waals surface area contributed by atoms with E-state index in [0.29, 0.717) is 10.8 Å². The maximum atomic E-state index is 11.5. The second-order valence-corrected chi connectivity index (χ2v) is 3.83. The third-order valence-corrected chi connectivity index (χ3v) is 2.82. The zero-order valence-electron chi connectivity index (χ0n) is 8.88. The first-order valence-electron chi connectivity index (χ1n) is 5.05. The fraction of sp³-hybridized carbons (Fsp3) is 0. The lowest BCUT2D eigenvalue weighted by Gasteiger charge is -2.00. The first-order chi connectivity index (χ1) is 8.58. The van der Waals surface area contributed by atoms with Crippen molar-refractivity contribution < 1.29 is 19.2 Å². The lowest BCUT2D eigenvalue weighted by molar-refractivity contribution is -0.384. The van der Waals surface area contributed by atoms with Gasteiger partial charge in [-0.2, -0.15) is 0 Å². The molecular formula is C12H5NO5. The summed E-state index contributed by atoms with van der Waals surface area (Å²) in [5.74, 6) is -1.40. The molecule has 0 bridgehead atoms. The smallest absolute Gasteiger partial charge is 0.347 e. The average molecular weight is 243 g/mol. The molecule has 0 saturated heterocycles. The van der Waals surface area contributed by atoms with Crippen molar-refractivity contribution in [2.45, 2.75) is 0 Å². The molecule has 6 nitrogen and oxygen atoms in total. The maximum absolute atomic E-state index is 11.5. The van der Waals surface area contributed by atoms with Gasteiger partial charge in [-0.25, -0.2) is 9.59 Å². The maximum Gasteiger partial charge on any atom is 0.347 e. The Balaban J connectivity index is 2.35. The third-order valence-electron chi connectivity index (χ3n) is 2.82. The molecule has 0 N–H and O–H groups in total. The predicted octanol–water partition coefficient (Wildman–Crippen LogP) is 2.06. The highest BCUT2D eigenvalue weighted by Gasteiger charge is 2.31. The molecule has 0 aliphatic carbocycles. The number of ether oxygens (including phenoxy) is 1. The number of carbonyl (C=O) groups excluding carboxylic acids is 2. The van der Waals surface area contributed by atoms with Gasteiger partial charge in [0, 0.05) is 12.1 Å². The zero-order chi connectivity index (χ0) is 12.9. The van der Waals surface area contributed by atoms with Crippen molar-refractivity contribution in [3.05, 3.63) is 51.6 Å². The summed E-state index contributed by atoms with van der Waals surface area (Å²) < 4.78 is 4.51. The van der Waals surface area contributed by atoms with Gasteiger partial charge in [0.05, 0.1) is 16.1 Å². The van der Waals surface area contributed by atoms with Crippen molar-refractivity contribution in [1.82, 2.24) is 0 Å². The second kappa shape index (κ2) is 3.36. The largest absolute Gasteiger partial charge is 0.386 e. The minimum Gasteiger partial charge on any atom is -0.386 e. The Morgan fingerprint density at radius 2 is 1.83 bits per heavy atom. The van der Waals surface area contributed by atoms with E-state index in [1.807, 2.05) is 0 Å². The van der Waals surface area contributed by atoms with Crippen molar-refractivity contribution >= 4 is 28.4 Å². The SMILES string of the molecule is O=C1OC(=O)c2c1ccc1cc([N+](=O)[O-])ccc21. The summed E-state index contributed by atoms with van der Waals surface area (Å²) >= 11 is 0. The quantitative estimate of drug-likeness (QED) is 0.331. The number of nitrogens with zero attached hydrogens (tertiary/aromatic N) is 1. The highest BCUT2D eigenvalue weighted by molar-refractivity contribution is 6.21. The number of rotatable bonds is 1. The number of cyclic esters (lactones) is 2. The molecule has 0 saturated carbocycles. The summed E-state index contributed by atoms with van der Waals surface area (Å²) in [6, 6.07) is 7.09. The molecular weight excluding hydrogens is 238 g/mol. The molecule has 0 atom stereocenters. The van der Waals surface area contributed by atoms with Crippen LogP contribution < -0.4 is 0 Å². The fourth-order valence-corrected chi connectivity index (χ4v) is 2.01. The molecule has 88 valence electrons. The molecule has 1 heterocycles. The topological polar surface area (TPSA) is 86.5 Å². The van der Waals surface area contributed by atoms with Crippen molar-refractivity contribution in [3.63, 3.8) is 0 Å². The van der Waals surface area contributed by atoms with E-state index < -0.39 is 16.9 Å². The fourth-order valence-electron chi connectivity index (χ4n) is 2.01. The van der Waals surface area contributed by atoms with E-state index in [1.165, 1.54) is 24.3 Å². The van der Waals surface area contributed by atoms with Crippen LogP contribution in [0, 0.1) is 10.1 Å². The lowest BCUT2D eigenvalue weighted by Crippen LogP contribution is -1.97. The number of nitro benzene ring substituents is 1. The van der Waals surface area contributed by atoms with Crippen molar-refractivity contribution in [1.29, 1.82) is 0 Å². The van der Waals surface area contributed by atoms with Gasteiger partial charge in [0.1, 0.15) is 0 Å². The lowest BCUT2D eigenvalue weighted by atomic mass is 10.00. The van der Waals surface area contributed by atoms with Crippen molar-refractivity contribution in [3.8, 4) is 0 Å². The third kappa shape index (κ3) is 1.29. The molecule has 0 unspecified atom stereocenters. The average Bonchev–Trinajstić information content (AvgIpc) is 2.64. The molecule has 1 aliphatic heterocycles. The molecule has 18 heavy (non-hydrogen) atoms. The predicted molar refractivity (Wildman–Crippen MR) is 60.3 cm³/mol.